The molecule has 0 aliphatic carbocycles. The third-order valence-corrected chi connectivity index (χ3v) is 3.70. The molecule has 1 rings (SSSR count). The first-order valence-electron chi connectivity index (χ1n) is 7.42. The highest BCUT2D eigenvalue weighted by atomic mass is 16.2. The van der Waals surface area contributed by atoms with E-state index < -0.39 is 5.41 Å². The summed E-state index contributed by atoms with van der Waals surface area (Å²) in [6.45, 7) is 9.67. The first kappa shape index (κ1) is 17.2. The maximum absolute atomic E-state index is 12.2. The predicted octanol–water partition coefficient (Wildman–Crippen LogP) is 2.55. The Morgan fingerprint density at radius 3 is 2.24 bits per heavy atom. The Morgan fingerprint density at radius 1 is 1.14 bits per heavy atom. The lowest BCUT2D eigenvalue weighted by Crippen LogP contribution is -2.49. The maximum atomic E-state index is 12.2. The highest BCUT2D eigenvalue weighted by Crippen LogP contribution is 2.16. The average Bonchev–Trinajstić information content (AvgIpc) is 2.45. The summed E-state index contributed by atoms with van der Waals surface area (Å²) in [6, 6.07) is 8.02. The monoisotopic (exact) mass is 290 g/mol. The number of aryl methyl sites for hydroxylation is 1. The van der Waals surface area contributed by atoms with Crippen LogP contribution in [0.15, 0.2) is 24.3 Å². The molecule has 1 atom stereocenters. The number of amides is 2. The largest absolute Gasteiger partial charge is 0.353 e. The minimum atomic E-state index is -1.08. The van der Waals surface area contributed by atoms with Gasteiger partial charge >= 0.3 is 0 Å². The lowest BCUT2D eigenvalue weighted by atomic mass is 9.90. The van der Waals surface area contributed by atoms with Gasteiger partial charge in [0.15, 0.2) is 0 Å². The van der Waals surface area contributed by atoms with Gasteiger partial charge in [0.05, 0.1) is 0 Å². The summed E-state index contributed by atoms with van der Waals surface area (Å²) in [5.41, 5.74) is 1.12. The third-order valence-electron chi connectivity index (χ3n) is 3.70. The molecule has 21 heavy (non-hydrogen) atoms. The lowest BCUT2D eigenvalue weighted by molar-refractivity contribution is -0.141. The molecule has 1 aromatic rings. The van der Waals surface area contributed by atoms with Crippen LogP contribution in [-0.2, 0) is 16.1 Å². The van der Waals surface area contributed by atoms with Crippen LogP contribution in [0, 0.1) is 12.3 Å². The van der Waals surface area contributed by atoms with E-state index in [1.165, 1.54) is 5.56 Å². The molecule has 1 unspecified atom stereocenters. The summed E-state index contributed by atoms with van der Waals surface area (Å²) >= 11 is 0. The molecular weight excluding hydrogens is 264 g/mol. The van der Waals surface area contributed by atoms with Gasteiger partial charge in [0.1, 0.15) is 5.41 Å². The summed E-state index contributed by atoms with van der Waals surface area (Å²) in [5.74, 6) is -0.498. The highest BCUT2D eigenvalue weighted by Gasteiger charge is 2.36. The second kappa shape index (κ2) is 7.25. The summed E-state index contributed by atoms with van der Waals surface area (Å²) < 4.78 is 0. The molecule has 4 heteroatoms. The molecule has 2 amide bonds. The zero-order valence-electron chi connectivity index (χ0n) is 13.6. The first-order chi connectivity index (χ1) is 9.77. The minimum Gasteiger partial charge on any atom is -0.353 e. The number of carbonyl (C=O) groups excluding carboxylic acids is 2. The molecular formula is C17H26N2O2. The zero-order chi connectivity index (χ0) is 16.0. The molecule has 0 fully saturated rings. The predicted molar refractivity (Wildman–Crippen MR) is 84.7 cm³/mol. The second-order valence-corrected chi connectivity index (χ2v) is 6.08. The smallest absolute Gasteiger partial charge is 0.235 e. The van der Waals surface area contributed by atoms with Gasteiger partial charge in [0.2, 0.25) is 11.8 Å². The average molecular weight is 290 g/mol. The Balaban J connectivity index is 2.60. The Bertz CT molecular complexity index is 492. The number of rotatable bonds is 6. The number of carbonyl (C=O) groups is 2. The quantitative estimate of drug-likeness (QED) is 0.791. The lowest BCUT2D eigenvalue weighted by Gasteiger charge is -2.24. The Hall–Kier alpha value is -1.84. The van der Waals surface area contributed by atoms with E-state index in [9.17, 15) is 9.59 Å². The topological polar surface area (TPSA) is 58.2 Å². The van der Waals surface area contributed by atoms with Crippen molar-refractivity contribution in [3.05, 3.63) is 35.4 Å². The van der Waals surface area contributed by atoms with Gasteiger partial charge in [-0.3, -0.25) is 9.59 Å². The molecule has 0 aliphatic rings. The van der Waals surface area contributed by atoms with Crippen LogP contribution in [0.4, 0.5) is 0 Å². The van der Waals surface area contributed by atoms with Crippen molar-refractivity contribution in [2.24, 2.45) is 5.41 Å². The van der Waals surface area contributed by atoms with Crippen molar-refractivity contribution in [3.63, 3.8) is 0 Å². The van der Waals surface area contributed by atoms with E-state index in [1.807, 2.05) is 45.0 Å². The van der Waals surface area contributed by atoms with Crippen LogP contribution in [0.25, 0.3) is 0 Å². The normalized spacial score (nSPS) is 12.6. The van der Waals surface area contributed by atoms with Crippen molar-refractivity contribution in [1.82, 2.24) is 10.6 Å². The van der Waals surface area contributed by atoms with Crippen molar-refractivity contribution in [2.45, 2.75) is 53.6 Å². The van der Waals surface area contributed by atoms with Crippen molar-refractivity contribution < 1.29 is 9.59 Å². The molecule has 2 N–H and O–H groups in total. The Labute approximate surface area is 127 Å². The molecule has 0 spiro atoms. The molecule has 0 bridgehead atoms. The van der Waals surface area contributed by atoms with Gasteiger partial charge in [-0.05, 0) is 39.7 Å². The second-order valence-electron chi connectivity index (χ2n) is 6.08. The molecule has 1 aromatic carbocycles. The molecule has 0 radical (unpaired) electrons. The molecule has 0 aliphatic heterocycles. The van der Waals surface area contributed by atoms with Crippen LogP contribution >= 0.6 is 0 Å². The van der Waals surface area contributed by atoms with Crippen molar-refractivity contribution >= 4 is 11.8 Å². The van der Waals surface area contributed by atoms with Gasteiger partial charge in [-0.15, -0.1) is 0 Å². The van der Waals surface area contributed by atoms with Gasteiger partial charge in [0.25, 0.3) is 0 Å². The minimum absolute atomic E-state index is 0.0710. The van der Waals surface area contributed by atoms with E-state index in [1.54, 1.807) is 13.8 Å². The summed E-state index contributed by atoms with van der Waals surface area (Å²) in [5, 5.41) is 5.69. The van der Waals surface area contributed by atoms with Crippen LogP contribution in [0.5, 0.6) is 0 Å². The van der Waals surface area contributed by atoms with Gasteiger partial charge in [-0.25, -0.2) is 0 Å². The van der Waals surface area contributed by atoms with E-state index in [2.05, 4.69) is 10.6 Å². The van der Waals surface area contributed by atoms with Crippen LogP contribution in [0.3, 0.4) is 0 Å². The van der Waals surface area contributed by atoms with E-state index in [-0.39, 0.29) is 17.9 Å². The fourth-order valence-corrected chi connectivity index (χ4v) is 1.72. The molecule has 4 nitrogen and oxygen atoms in total. The zero-order valence-corrected chi connectivity index (χ0v) is 13.6. The standard InChI is InChI=1S/C17H26N2O2/c1-6-13(3)19-16(21)17(4,5)15(20)18-11-14-9-7-12(2)8-10-14/h7-10,13H,6,11H2,1-5H3,(H,18,20)(H,19,21). The number of hydrogen-bond donors (Lipinski definition) is 2. The summed E-state index contributed by atoms with van der Waals surface area (Å²) in [6.07, 6.45) is 0.840. The van der Waals surface area contributed by atoms with Gasteiger partial charge < -0.3 is 10.6 Å². The van der Waals surface area contributed by atoms with E-state index in [4.69, 9.17) is 0 Å². The van der Waals surface area contributed by atoms with Gasteiger partial charge in [-0.2, -0.15) is 0 Å². The van der Waals surface area contributed by atoms with Crippen molar-refractivity contribution in [3.8, 4) is 0 Å². The van der Waals surface area contributed by atoms with Crippen LogP contribution < -0.4 is 10.6 Å². The molecule has 0 aromatic heterocycles. The summed E-state index contributed by atoms with van der Waals surface area (Å²) in [4.78, 5) is 24.4. The fourth-order valence-electron chi connectivity index (χ4n) is 1.72. The fraction of sp³-hybridized carbons (Fsp3) is 0.529. The first-order valence-corrected chi connectivity index (χ1v) is 7.42. The van der Waals surface area contributed by atoms with Crippen molar-refractivity contribution in [1.29, 1.82) is 0 Å². The Kier molecular flexibility index (Phi) is 5.94. The third kappa shape index (κ3) is 4.88. The molecule has 0 heterocycles. The molecule has 0 saturated heterocycles. The number of hydrogen-bond acceptors (Lipinski definition) is 2. The van der Waals surface area contributed by atoms with E-state index in [0.29, 0.717) is 6.54 Å². The van der Waals surface area contributed by atoms with Crippen molar-refractivity contribution in [2.75, 3.05) is 0 Å². The molecule has 0 saturated carbocycles. The Morgan fingerprint density at radius 2 is 1.71 bits per heavy atom. The number of nitrogens with one attached hydrogen (secondary N) is 2. The highest BCUT2D eigenvalue weighted by molar-refractivity contribution is 6.04. The van der Waals surface area contributed by atoms with E-state index >= 15 is 0 Å². The number of benzene rings is 1. The van der Waals surface area contributed by atoms with E-state index in [0.717, 1.165) is 12.0 Å². The SMILES string of the molecule is CCC(C)NC(=O)C(C)(C)C(=O)NCc1ccc(C)cc1. The summed E-state index contributed by atoms with van der Waals surface area (Å²) in [7, 11) is 0. The van der Waals surface area contributed by atoms with Crippen LogP contribution in [-0.4, -0.2) is 17.9 Å². The van der Waals surface area contributed by atoms with Gasteiger partial charge in [0, 0.05) is 12.6 Å². The van der Waals surface area contributed by atoms with Crippen LogP contribution in [0.2, 0.25) is 0 Å². The van der Waals surface area contributed by atoms with Gasteiger partial charge in [-0.1, -0.05) is 36.8 Å². The maximum Gasteiger partial charge on any atom is 0.235 e. The molecule has 116 valence electrons. The van der Waals surface area contributed by atoms with Crippen LogP contribution in [0.1, 0.15) is 45.2 Å².